The van der Waals surface area contributed by atoms with Crippen LogP contribution in [0.2, 0.25) is 0 Å². The maximum absolute atomic E-state index is 12.4. The van der Waals surface area contributed by atoms with Gasteiger partial charge in [0.05, 0.1) is 0 Å². The molecule has 0 aromatic rings. The van der Waals surface area contributed by atoms with E-state index in [1.807, 2.05) is 14.0 Å². The third-order valence-corrected chi connectivity index (χ3v) is 6.66. The highest BCUT2D eigenvalue weighted by Crippen LogP contribution is 2.21. The van der Waals surface area contributed by atoms with Gasteiger partial charge in [0.15, 0.2) is 5.96 Å². The van der Waals surface area contributed by atoms with Crippen LogP contribution in [-0.2, 0) is 4.79 Å². The number of amides is 3. The molecule has 8 heteroatoms. The summed E-state index contributed by atoms with van der Waals surface area (Å²) < 4.78 is 0. The maximum atomic E-state index is 12.4. The molecule has 8 nitrogen and oxygen atoms in total. The van der Waals surface area contributed by atoms with E-state index in [0.717, 1.165) is 19.0 Å². The summed E-state index contributed by atoms with van der Waals surface area (Å²) >= 11 is 0. The molecule has 2 unspecified atom stereocenters. The number of likely N-dealkylation sites (tertiary alicyclic amines) is 2. The number of carbonyl (C=O) groups is 2. The Morgan fingerprint density at radius 3 is 2.66 bits per heavy atom. The molecule has 0 saturated carbocycles. The van der Waals surface area contributed by atoms with Gasteiger partial charge in [-0.25, -0.2) is 4.79 Å². The molecule has 0 aromatic heterocycles. The van der Waals surface area contributed by atoms with Crippen LogP contribution in [-0.4, -0.2) is 91.0 Å². The van der Waals surface area contributed by atoms with Crippen molar-refractivity contribution in [2.75, 3.05) is 52.9 Å². The van der Waals surface area contributed by atoms with Crippen LogP contribution in [0.4, 0.5) is 4.79 Å². The predicted molar refractivity (Wildman–Crippen MR) is 115 cm³/mol. The van der Waals surface area contributed by atoms with Gasteiger partial charge in [-0.15, -0.1) is 0 Å². The molecule has 0 aliphatic carbocycles. The number of urea groups is 1. The first-order chi connectivity index (χ1) is 14.0. The summed E-state index contributed by atoms with van der Waals surface area (Å²) in [5.41, 5.74) is -0.751. The number of nitrogens with one attached hydrogen (secondary N) is 2. The fraction of sp³-hybridized carbons (Fsp3) is 0.857. The topological polar surface area (TPSA) is 80.3 Å². The minimum atomic E-state index is -0.751. The molecule has 3 fully saturated rings. The molecule has 3 amide bonds. The van der Waals surface area contributed by atoms with Gasteiger partial charge in [-0.1, -0.05) is 13.3 Å². The lowest BCUT2D eigenvalue weighted by molar-refractivity contribution is -0.130. The van der Waals surface area contributed by atoms with Crippen molar-refractivity contribution in [1.82, 2.24) is 25.3 Å². The van der Waals surface area contributed by atoms with Gasteiger partial charge in [0.25, 0.3) is 5.91 Å². The van der Waals surface area contributed by atoms with Crippen LogP contribution >= 0.6 is 0 Å². The van der Waals surface area contributed by atoms with E-state index >= 15 is 0 Å². The van der Waals surface area contributed by atoms with Gasteiger partial charge in [-0.2, -0.15) is 0 Å². The van der Waals surface area contributed by atoms with Gasteiger partial charge in [0.2, 0.25) is 0 Å². The Morgan fingerprint density at radius 1 is 1.24 bits per heavy atom. The summed E-state index contributed by atoms with van der Waals surface area (Å²) in [5.74, 6) is 1.53. The summed E-state index contributed by atoms with van der Waals surface area (Å²) in [4.78, 5) is 35.3. The second kappa shape index (κ2) is 9.78. The molecule has 3 aliphatic heterocycles. The molecule has 2 N–H and O–H groups in total. The Labute approximate surface area is 175 Å². The molecule has 3 rings (SSSR count). The number of aliphatic imine (C=N–C) groups is 1. The molecule has 164 valence electrons. The number of piperidine rings is 1. The minimum Gasteiger partial charge on any atom is -0.356 e. The Balaban J connectivity index is 1.39. The van der Waals surface area contributed by atoms with Crippen molar-refractivity contribution in [3.63, 3.8) is 0 Å². The van der Waals surface area contributed by atoms with Crippen molar-refractivity contribution in [1.29, 1.82) is 0 Å². The summed E-state index contributed by atoms with van der Waals surface area (Å²) in [5, 5.41) is 6.22. The first-order valence-corrected chi connectivity index (χ1v) is 11.3. The summed E-state index contributed by atoms with van der Waals surface area (Å²) in [6.07, 6.45) is 6.60. The van der Waals surface area contributed by atoms with Gasteiger partial charge >= 0.3 is 6.03 Å². The smallest absolute Gasteiger partial charge is 0.325 e. The molecule has 3 heterocycles. The number of nitrogens with zero attached hydrogens (tertiary/aromatic N) is 4. The van der Waals surface area contributed by atoms with E-state index in [1.54, 1.807) is 6.92 Å². The van der Waals surface area contributed by atoms with E-state index in [1.165, 1.54) is 50.2 Å². The zero-order chi connectivity index (χ0) is 20.9. The molecule has 0 bridgehead atoms. The molecule has 0 radical (unpaired) electrons. The summed E-state index contributed by atoms with van der Waals surface area (Å²) in [6, 6.07) is -0.274. The highest BCUT2D eigenvalue weighted by atomic mass is 16.2. The third-order valence-electron chi connectivity index (χ3n) is 6.66. The highest BCUT2D eigenvalue weighted by molar-refractivity contribution is 6.06. The summed E-state index contributed by atoms with van der Waals surface area (Å²) in [7, 11) is 1.82. The van der Waals surface area contributed by atoms with Crippen LogP contribution in [0.5, 0.6) is 0 Å². The predicted octanol–water partition coefficient (Wildman–Crippen LogP) is 1.48. The second-order valence-corrected chi connectivity index (χ2v) is 8.86. The average molecular weight is 407 g/mol. The van der Waals surface area contributed by atoms with Crippen LogP contribution in [0, 0.1) is 5.92 Å². The van der Waals surface area contributed by atoms with E-state index in [2.05, 4.69) is 25.4 Å². The van der Waals surface area contributed by atoms with Crippen LogP contribution in [0.1, 0.15) is 52.4 Å². The number of imide groups is 1. The Kier molecular flexibility index (Phi) is 7.38. The number of hydrogen-bond acceptors (Lipinski definition) is 4. The van der Waals surface area contributed by atoms with Crippen LogP contribution in [0.15, 0.2) is 4.99 Å². The standard InChI is InChI=1S/C21H38N6O2/c1-4-21(2)18(28)27(20(29)24-21)13-8-10-23-19(22-3)26-14-9-17(16-26)15-25-11-6-5-7-12-25/h17H,4-16H2,1-3H3,(H,22,23)(H,24,29). The zero-order valence-corrected chi connectivity index (χ0v) is 18.4. The van der Waals surface area contributed by atoms with Crippen molar-refractivity contribution in [2.24, 2.45) is 10.9 Å². The Bertz CT molecular complexity index is 618. The first-order valence-electron chi connectivity index (χ1n) is 11.3. The van der Waals surface area contributed by atoms with Crippen molar-refractivity contribution in [3.8, 4) is 0 Å². The maximum Gasteiger partial charge on any atom is 0.325 e. The number of hydrogen-bond donors (Lipinski definition) is 2. The fourth-order valence-corrected chi connectivity index (χ4v) is 4.64. The quantitative estimate of drug-likeness (QED) is 0.290. The van der Waals surface area contributed by atoms with Gasteiger partial charge < -0.3 is 20.4 Å². The molecule has 29 heavy (non-hydrogen) atoms. The first kappa shape index (κ1) is 21.9. The van der Waals surface area contributed by atoms with E-state index in [4.69, 9.17) is 0 Å². The molecular formula is C21H38N6O2. The van der Waals surface area contributed by atoms with Gasteiger partial charge in [-0.05, 0) is 58.0 Å². The molecule has 3 saturated heterocycles. The number of rotatable bonds is 7. The van der Waals surface area contributed by atoms with E-state index in [9.17, 15) is 9.59 Å². The summed E-state index contributed by atoms with van der Waals surface area (Å²) in [6.45, 7) is 10.6. The van der Waals surface area contributed by atoms with E-state index in [0.29, 0.717) is 31.8 Å². The third kappa shape index (κ3) is 5.21. The van der Waals surface area contributed by atoms with E-state index < -0.39 is 5.54 Å². The average Bonchev–Trinajstić information content (AvgIpc) is 3.26. The van der Waals surface area contributed by atoms with Crippen molar-refractivity contribution in [3.05, 3.63) is 0 Å². The van der Waals surface area contributed by atoms with Crippen molar-refractivity contribution < 1.29 is 9.59 Å². The SMILES string of the molecule is CCC1(C)NC(=O)N(CCCNC(=NC)N2CCC(CN3CCCCC3)C2)C1=O. The lowest BCUT2D eigenvalue weighted by Gasteiger charge is -2.29. The zero-order valence-electron chi connectivity index (χ0n) is 18.4. The molecular weight excluding hydrogens is 368 g/mol. The van der Waals surface area contributed by atoms with Gasteiger partial charge in [0.1, 0.15) is 5.54 Å². The molecule has 0 spiro atoms. The van der Waals surface area contributed by atoms with Crippen molar-refractivity contribution >= 4 is 17.9 Å². The lowest BCUT2D eigenvalue weighted by atomic mass is 9.99. The minimum absolute atomic E-state index is 0.116. The van der Waals surface area contributed by atoms with Crippen LogP contribution < -0.4 is 10.6 Å². The molecule has 3 aliphatic rings. The van der Waals surface area contributed by atoms with Crippen LogP contribution in [0.3, 0.4) is 0 Å². The van der Waals surface area contributed by atoms with E-state index in [-0.39, 0.29) is 11.9 Å². The highest BCUT2D eigenvalue weighted by Gasteiger charge is 2.45. The number of carbonyl (C=O) groups excluding carboxylic acids is 2. The second-order valence-electron chi connectivity index (χ2n) is 8.86. The Morgan fingerprint density at radius 2 is 2.00 bits per heavy atom. The largest absolute Gasteiger partial charge is 0.356 e. The van der Waals surface area contributed by atoms with Gasteiger partial charge in [-0.3, -0.25) is 14.7 Å². The Hall–Kier alpha value is -1.83. The van der Waals surface area contributed by atoms with Crippen LogP contribution in [0.25, 0.3) is 0 Å². The monoisotopic (exact) mass is 406 g/mol. The molecule has 0 aromatic carbocycles. The van der Waals surface area contributed by atoms with Gasteiger partial charge in [0, 0.05) is 39.8 Å². The lowest BCUT2D eigenvalue weighted by Crippen LogP contribution is -2.43. The van der Waals surface area contributed by atoms with Crippen molar-refractivity contribution in [2.45, 2.75) is 57.9 Å². The fourth-order valence-electron chi connectivity index (χ4n) is 4.64. The number of guanidine groups is 1. The normalized spacial score (nSPS) is 28.9. The molecule has 2 atom stereocenters.